The minimum atomic E-state index is -4.41. The van der Waals surface area contributed by atoms with Crippen molar-refractivity contribution in [2.45, 2.75) is 38.4 Å². The van der Waals surface area contributed by atoms with Gasteiger partial charge in [0, 0.05) is 25.6 Å². The monoisotopic (exact) mass is 320 g/mol. The fraction of sp³-hybridized carbons (Fsp3) is 0.769. The van der Waals surface area contributed by atoms with Crippen molar-refractivity contribution in [2.24, 2.45) is 0 Å². The van der Waals surface area contributed by atoms with E-state index < -0.39 is 25.3 Å². The summed E-state index contributed by atoms with van der Waals surface area (Å²) in [6.45, 7) is 1.85. The van der Waals surface area contributed by atoms with E-state index in [4.69, 9.17) is 0 Å². The quantitative estimate of drug-likeness (QED) is 0.826. The zero-order valence-corrected chi connectivity index (χ0v) is 12.3. The van der Waals surface area contributed by atoms with Gasteiger partial charge in [-0.05, 0) is 19.8 Å². The van der Waals surface area contributed by atoms with E-state index >= 15 is 0 Å². The van der Waals surface area contributed by atoms with Gasteiger partial charge in [0.1, 0.15) is 25.4 Å². The zero-order valence-electron chi connectivity index (χ0n) is 12.3. The van der Waals surface area contributed by atoms with E-state index in [1.165, 1.54) is 0 Å². The first-order valence-electron chi connectivity index (χ1n) is 7.20. The number of amides is 1. The van der Waals surface area contributed by atoms with Gasteiger partial charge < -0.3 is 14.2 Å². The molecule has 1 saturated heterocycles. The Morgan fingerprint density at radius 1 is 1.41 bits per heavy atom. The second-order valence-corrected chi connectivity index (χ2v) is 5.24. The molecule has 1 aliphatic rings. The van der Waals surface area contributed by atoms with Gasteiger partial charge in [0.25, 0.3) is 0 Å². The van der Waals surface area contributed by atoms with Gasteiger partial charge in [-0.25, -0.2) is 0 Å². The van der Waals surface area contributed by atoms with Gasteiger partial charge in [-0.15, -0.1) is 10.2 Å². The lowest BCUT2D eigenvalue weighted by atomic mass is 9.96. The Hall–Kier alpha value is -1.64. The molecule has 2 heterocycles. The first-order chi connectivity index (χ1) is 10.4. The van der Waals surface area contributed by atoms with Gasteiger partial charge in [-0.2, -0.15) is 13.2 Å². The van der Waals surface area contributed by atoms with Crippen LogP contribution >= 0.6 is 0 Å². The fourth-order valence-corrected chi connectivity index (χ4v) is 2.56. The molecule has 6 nitrogen and oxygen atoms in total. The number of likely N-dealkylation sites (tertiary alicyclic amines) is 1. The molecule has 1 amide bonds. The zero-order chi connectivity index (χ0) is 16.2. The molecular formula is C13H19F3N4O2. The molecule has 0 bridgehead atoms. The normalized spacial score (nSPS) is 17.0. The van der Waals surface area contributed by atoms with Gasteiger partial charge in [0.2, 0.25) is 5.91 Å². The van der Waals surface area contributed by atoms with Crippen LogP contribution in [0.4, 0.5) is 13.2 Å². The van der Waals surface area contributed by atoms with E-state index in [1.807, 2.05) is 11.5 Å². The van der Waals surface area contributed by atoms with Crippen molar-refractivity contribution in [3.63, 3.8) is 0 Å². The summed E-state index contributed by atoms with van der Waals surface area (Å²) in [6.07, 6.45) is -1.28. The number of carbonyl (C=O) groups excluding carboxylic acids is 1. The fourth-order valence-electron chi connectivity index (χ4n) is 2.56. The highest BCUT2D eigenvalue weighted by Crippen LogP contribution is 2.26. The second-order valence-electron chi connectivity index (χ2n) is 5.24. The summed E-state index contributed by atoms with van der Waals surface area (Å²) < 4.78 is 42.3. The van der Waals surface area contributed by atoms with E-state index in [0.29, 0.717) is 13.1 Å². The largest absolute Gasteiger partial charge is 0.411 e. The molecule has 0 aliphatic carbocycles. The average molecular weight is 320 g/mol. The predicted octanol–water partition coefficient (Wildman–Crippen LogP) is 1.58. The van der Waals surface area contributed by atoms with E-state index in [9.17, 15) is 18.0 Å². The highest BCUT2D eigenvalue weighted by Gasteiger charge is 2.30. The Balaban J connectivity index is 1.78. The van der Waals surface area contributed by atoms with Crippen LogP contribution in [0.3, 0.4) is 0 Å². The summed E-state index contributed by atoms with van der Waals surface area (Å²) in [4.78, 5) is 13.3. The van der Waals surface area contributed by atoms with Crippen LogP contribution in [0.1, 0.15) is 31.5 Å². The summed E-state index contributed by atoms with van der Waals surface area (Å²) in [6, 6.07) is 0. The molecule has 0 saturated carbocycles. The maximum absolute atomic E-state index is 12.0. The number of aryl methyl sites for hydroxylation is 1. The van der Waals surface area contributed by atoms with Crippen LogP contribution in [0, 0.1) is 0 Å². The first kappa shape index (κ1) is 16.7. The van der Waals surface area contributed by atoms with E-state index in [0.717, 1.165) is 25.2 Å². The molecule has 2 rings (SSSR count). The number of hydrogen-bond acceptors (Lipinski definition) is 4. The van der Waals surface area contributed by atoms with Gasteiger partial charge in [-0.1, -0.05) is 0 Å². The third-order valence-electron chi connectivity index (χ3n) is 3.69. The van der Waals surface area contributed by atoms with Crippen molar-refractivity contribution in [3.05, 3.63) is 12.2 Å². The Bertz CT molecular complexity index is 496. The van der Waals surface area contributed by atoms with E-state index in [2.05, 4.69) is 14.9 Å². The lowest BCUT2D eigenvalue weighted by Gasteiger charge is -2.31. The van der Waals surface area contributed by atoms with Crippen molar-refractivity contribution in [1.29, 1.82) is 0 Å². The number of aromatic nitrogens is 3. The molecule has 0 spiro atoms. The number of carbonyl (C=O) groups is 1. The second kappa shape index (κ2) is 7.08. The van der Waals surface area contributed by atoms with Crippen LogP contribution in [-0.4, -0.2) is 58.1 Å². The Kier molecular flexibility index (Phi) is 5.38. The number of piperidine rings is 1. The number of hydrogen-bond donors (Lipinski definition) is 0. The lowest BCUT2D eigenvalue weighted by Crippen LogP contribution is -2.40. The van der Waals surface area contributed by atoms with Crippen LogP contribution < -0.4 is 0 Å². The molecule has 0 unspecified atom stereocenters. The SMILES string of the molecule is CCn1cnnc1C1CCN(C(=O)COCC(F)(F)F)CC1. The molecule has 1 fully saturated rings. The van der Waals surface area contributed by atoms with Crippen LogP contribution in [0.5, 0.6) is 0 Å². The minimum absolute atomic E-state index is 0.225. The predicted molar refractivity (Wildman–Crippen MR) is 71.1 cm³/mol. The average Bonchev–Trinajstić information content (AvgIpc) is 2.94. The molecular weight excluding hydrogens is 301 g/mol. The molecule has 1 aliphatic heterocycles. The number of rotatable bonds is 5. The molecule has 0 N–H and O–H groups in total. The molecule has 0 atom stereocenters. The molecule has 1 aromatic heterocycles. The van der Waals surface area contributed by atoms with Crippen LogP contribution in [0.15, 0.2) is 6.33 Å². The number of alkyl halides is 3. The summed E-state index contributed by atoms with van der Waals surface area (Å²) >= 11 is 0. The maximum atomic E-state index is 12.0. The minimum Gasteiger partial charge on any atom is -0.362 e. The van der Waals surface area contributed by atoms with Crippen LogP contribution in [0.25, 0.3) is 0 Å². The van der Waals surface area contributed by atoms with Crippen molar-refractivity contribution in [2.75, 3.05) is 26.3 Å². The molecule has 9 heteroatoms. The smallest absolute Gasteiger partial charge is 0.362 e. The molecule has 1 aromatic rings. The third-order valence-corrected chi connectivity index (χ3v) is 3.69. The summed E-state index contributed by atoms with van der Waals surface area (Å²) in [7, 11) is 0. The topological polar surface area (TPSA) is 60.2 Å². The molecule has 124 valence electrons. The van der Waals surface area contributed by atoms with Crippen molar-refractivity contribution < 1.29 is 22.7 Å². The molecule has 22 heavy (non-hydrogen) atoms. The highest BCUT2D eigenvalue weighted by molar-refractivity contribution is 5.77. The maximum Gasteiger partial charge on any atom is 0.411 e. The standard InChI is InChI=1S/C13H19F3N4O2/c1-2-19-9-17-18-12(19)10-3-5-20(6-4-10)11(21)7-22-8-13(14,15)16/h9-10H,2-8H2,1H3. The number of ether oxygens (including phenoxy) is 1. The van der Waals surface area contributed by atoms with Gasteiger partial charge in [-0.3, -0.25) is 4.79 Å². The summed E-state index contributed by atoms with van der Waals surface area (Å²) in [5.74, 6) is 0.727. The molecule has 0 radical (unpaired) electrons. The Labute approximate surface area is 126 Å². The van der Waals surface area contributed by atoms with Gasteiger partial charge in [0.15, 0.2) is 0 Å². The van der Waals surface area contributed by atoms with Crippen LogP contribution in [0.2, 0.25) is 0 Å². The lowest BCUT2D eigenvalue weighted by molar-refractivity contribution is -0.178. The van der Waals surface area contributed by atoms with Crippen molar-refractivity contribution >= 4 is 5.91 Å². The summed E-state index contributed by atoms with van der Waals surface area (Å²) in [5.41, 5.74) is 0. The van der Waals surface area contributed by atoms with Crippen molar-refractivity contribution in [1.82, 2.24) is 19.7 Å². The first-order valence-corrected chi connectivity index (χ1v) is 7.20. The van der Waals surface area contributed by atoms with Crippen molar-refractivity contribution in [3.8, 4) is 0 Å². The van der Waals surface area contributed by atoms with Gasteiger partial charge >= 0.3 is 6.18 Å². The number of nitrogens with zero attached hydrogens (tertiary/aromatic N) is 4. The highest BCUT2D eigenvalue weighted by atomic mass is 19.4. The van der Waals surface area contributed by atoms with Gasteiger partial charge in [0.05, 0.1) is 0 Å². The number of halogens is 3. The van der Waals surface area contributed by atoms with Crippen LogP contribution in [-0.2, 0) is 16.1 Å². The third kappa shape index (κ3) is 4.43. The molecule has 0 aromatic carbocycles. The van der Waals surface area contributed by atoms with E-state index in [-0.39, 0.29) is 5.92 Å². The Morgan fingerprint density at radius 2 is 2.09 bits per heavy atom. The Morgan fingerprint density at radius 3 is 2.68 bits per heavy atom. The summed E-state index contributed by atoms with van der Waals surface area (Å²) in [5, 5.41) is 8.01. The van der Waals surface area contributed by atoms with E-state index in [1.54, 1.807) is 11.2 Å².